The summed E-state index contributed by atoms with van der Waals surface area (Å²) in [5, 5.41) is 13.1. The Kier molecular flexibility index (Phi) is 4.76. The number of nitrogens with zero attached hydrogens (tertiary/aromatic N) is 4. The number of likely N-dealkylation sites (tertiary alicyclic amines) is 1. The molecule has 4 heterocycles. The van der Waals surface area contributed by atoms with Crippen molar-refractivity contribution in [3.8, 4) is 0 Å². The summed E-state index contributed by atoms with van der Waals surface area (Å²) in [6.45, 7) is 1.22. The molecule has 3 aromatic heterocycles. The number of esters is 1. The molecule has 1 N–H and O–H groups in total. The molecule has 1 aliphatic heterocycles. The van der Waals surface area contributed by atoms with Gasteiger partial charge >= 0.3 is 12.0 Å². The topological polar surface area (TPSA) is 88.8 Å². The fraction of sp³-hybridized carbons (Fsp3) is 0.333. The number of rotatable bonds is 3. The number of carbonyl (C=O) groups excluding carboxylic acids is 2. The molecule has 2 amide bonds. The smallest absolute Gasteiger partial charge is 0.350 e. The predicted octanol–water partition coefficient (Wildman–Crippen LogP) is 2.99. The first-order valence-electron chi connectivity index (χ1n) is 8.68. The Morgan fingerprint density at radius 3 is 3.04 bits per heavy atom. The Labute approximate surface area is 159 Å². The van der Waals surface area contributed by atoms with Crippen LogP contribution in [0.1, 0.15) is 34.3 Å². The van der Waals surface area contributed by atoms with Gasteiger partial charge in [-0.15, -0.1) is 21.5 Å². The molecule has 140 valence electrons. The number of methoxy groups -OCH3 is 1. The maximum absolute atomic E-state index is 12.7. The van der Waals surface area contributed by atoms with Gasteiger partial charge in [0.05, 0.1) is 12.8 Å². The third-order valence-corrected chi connectivity index (χ3v) is 5.59. The number of nitrogens with one attached hydrogen (secondary N) is 1. The second-order valence-corrected chi connectivity index (χ2v) is 7.27. The van der Waals surface area contributed by atoms with E-state index in [-0.39, 0.29) is 11.9 Å². The average Bonchev–Trinajstić information content (AvgIpc) is 3.34. The van der Waals surface area contributed by atoms with E-state index in [2.05, 4.69) is 15.5 Å². The lowest BCUT2D eigenvalue weighted by molar-refractivity contribution is 0.0607. The van der Waals surface area contributed by atoms with Crippen LogP contribution in [0.3, 0.4) is 0 Å². The van der Waals surface area contributed by atoms with E-state index in [0.29, 0.717) is 23.7 Å². The highest BCUT2D eigenvalue weighted by molar-refractivity contribution is 7.12. The van der Waals surface area contributed by atoms with Crippen molar-refractivity contribution in [2.45, 2.75) is 18.8 Å². The fourth-order valence-electron chi connectivity index (χ4n) is 3.36. The van der Waals surface area contributed by atoms with Crippen molar-refractivity contribution in [2.24, 2.45) is 0 Å². The number of pyridine rings is 1. The Balaban J connectivity index is 1.49. The van der Waals surface area contributed by atoms with Crippen molar-refractivity contribution in [1.82, 2.24) is 19.5 Å². The lowest BCUT2D eigenvalue weighted by atomic mass is 9.97. The summed E-state index contributed by atoms with van der Waals surface area (Å²) in [6.07, 6.45) is 3.77. The Hall–Kier alpha value is -2.94. The third-order valence-electron chi connectivity index (χ3n) is 4.69. The van der Waals surface area contributed by atoms with Crippen LogP contribution in [0.25, 0.3) is 5.65 Å². The molecule has 1 atom stereocenters. The van der Waals surface area contributed by atoms with Crippen LogP contribution in [0.15, 0.2) is 35.8 Å². The summed E-state index contributed by atoms with van der Waals surface area (Å²) in [7, 11) is 1.33. The molecule has 0 saturated carbocycles. The van der Waals surface area contributed by atoms with E-state index in [1.54, 1.807) is 16.3 Å². The van der Waals surface area contributed by atoms with Gasteiger partial charge < -0.3 is 15.0 Å². The van der Waals surface area contributed by atoms with Gasteiger partial charge in [-0.05, 0) is 36.4 Å². The molecule has 0 aromatic carbocycles. The number of urea groups is 1. The highest BCUT2D eigenvalue weighted by Crippen LogP contribution is 2.28. The largest absolute Gasteiger partial charge is 0.465 e. The minimum Gasteiger partial charge on any atom is -0.465 e. The van der Waals surface area contributed by atoms with E-state index >= 15 is 0 Å². The van der Waals surface area contributed by atoms with Crippen molar-refractivity contribution in [3.05, 3.63) is 46.5 Å². The normalized spacial score (nSPS) is 17.1. The van der Waals surface area contributed by atoms with Crippen molar-refractivity contribution < 1.29 is 14.3 Å². The molecular weight excluding hydrogens is 366 g/mol. The highest BCUT2D eigenvalue weighted by Gasteiger charge is 2.28. The second-order valence-electron chi connectivity index (χ2n) is 6.36. The Bertz CT molecular complexity index is 982. The van der Waals surface area contributed by atoms with Gasteiger partial charge in [0.25, 0.3) is 0 Å². The van der Waals surface area contributed by atoms with Crippen LogP contribution in [0.2, 0.25) is 0 Å². The zero-order valence-corrected chi connectivity index (χ0v) is 15.6. The monoisotopic (exact) mass is 385 g/mol. The molecule has 0 radical (unpaired) electrons. The molecule has 1 saturated heterocycles. The lowest BCUT2D eigenvalue weighted by Crippen LogP contribution is -2.42. The van der Waals surface area contributed by atoms with E-state index in [4.69, 9.17) is 4.74 Å². The molecule has 1 fully saturated rings. The summed E-state index contributed by atoms with van der Waals surface area (Å²) in [4.78, 5) is 26.7. The van der Waals surface area contributed by atoms with Crippen LogP contribution in [0.5, 0.6) is 0 Å². The van der Waals surface area contributed by atoms with Gasteiger partial charge in [0.2, 0.25) is 0 Å². The first-order valence-corrected chi connectivity index (χ1v) is 9.56. The fourth-order valence-corrected chi connectivity index (χ4v) is 4.13. The van der Waals surface area contributed by atoms with E-state index < -0.39 is 5.97 Å². The van der Waals surface area contributed by atoms with E-state index in [1.807, 2.05) is 28.8 Å². The van der Waals surface area contributed by atoms with Crippen LogP contribution in [-0.4, -0.2) is 51.7 Å². The van der Waals surface area contributed by atoms with Crippen LogP contribution >= 0.6 is 11.3 Å². The SMILES string of the molecule is COC(=O)c1sccc1NC(=O)N1CCC[C@H](c2nnc3ccccn23)C1. The summed E-state index contributed by atoms with van der Waals surface area (Å²) in [5.74, 6) is 0.532. The molecule has 27 heavy (non-hydrogen) atoms. The predicted molar refractivity (Wildman–Crippen MR) is 101 cm³/mol. The highest BCUT2D eigenvalue weighted by atomic mass is 32.1. The van der Waals surface area contributed by atoms with Gasteiger partial charge in [0, 0.05) is 25.2 Å². The third kappa shape index (κ3) is 3.37. The van der Waals surface area contributed by atoms with Gasteiger partial charge in [-0.2, -0.15) is 0 Å². The number of hydrogen-bond acceptors (Lipinski definition) is 6. The molecule has 9 heteroatoms. The van der Waals surface area contributed by atoms with Gasteiger partial charge in [0.15, 0.2) is 5.65 Å². The lowest BCUT2D eigenvalue weighted by Gasteiger charge is -2.32. The Morgan fingerprint density at radius 1 is 1.30 bits per heavy atom. The zero-order chi connectivity index (χ0) is 18.8. The number of anilines is 1. The van der Waals surface area contributed by atoms with Crippen molar-refractivity contribution in [3.63, 3.8) is 0 Å². The van der Waals surface area contributed by atoms with Gasteiger partial charge in [0.1, 0.15) is 10.7 Å². The number of piperidine rings is 1. The number of thiophene rings is 1. The molecule has 0 spiro atoms. The first-order chi connectivity index (χ1) is 13.2. The summed E-state index contributed by atoms with van der Waals surface area (Å²) in [5.41, 5.74) is 1.28. The standard InChI is InChI=1S/C18H19N5O3S/c1-26-17(24)15-13(7-10-27-15)19-18(25)22-8-4-5-12(11-22)16-21-20-14-6-2-3-9-23(14)16/h2-3,6-7,9-10,12H,4-5,8,11H2,1H3,(H,19,25)/t12-/m0/s1. The van der Waals surface area contributed by atoms with Crippen molar-refractivity contribution in [2.75, 3.05) is 25.5 Å². The van der Waals surface area contributed by atoms with Gasteiger partial charge in [-0.3, -0.25) is 4.40 Å². The zero-order valence-electron chi connectivity index (χ0n) is 14.8. The number of aromatic nitrogens is 3. The molecule has 0 unspecified atom stereocenters. The van der Waals surface area contributed by atoms with Crippen LogP contribution in [0, 0.1) is 0 Å². The molecule has 4 rings (SSSR count). The molecule has 0 aliphatic carbocycles. The van der Waals surface area contributed by atoms with Crippen molar-refractivity contribution >= 4 is 34.7 Å². The summed E-state index contributed by atoms with van der Waals surface area (Å²) < 4.78 is 6.73. The Morgan fingerprint density at radius 2 is 2.19 bits per heavy atom. The summed E-state index contributed by atoms with van der Waals surface area (Å²) in [6, 6.07) is 7.26. The van der Waals surface area contributed by atoms with E-state index in [0.717, 1.165) is 24.3 Å². The van der Waals surface area contributed by atoms with E-state index in [1.165, 1.54) is 18.4 Å². The van der Waals surface area contributed by atoms with Gasteiger partial charge in [-0.1, -0.05) is 6.07 Å². The van der Waals surface area contributed by atoms with Gasteiger partial charge in [-0.25, -0.2) is 9.59 Å². The number of fused-ring (bicyclic) bond motifs is 1. The van der Waals surface area contributed by atoms with E-state index in [9.17, 15) is 9.59 Å². The average molecular weight is 385 g/mol. The van der Waals surface area contributed by atoms with Crippen LogP contribution < -0.4 is 5.32 Å². The molecule has 8 nitrogen and oxygen atoms in total. The molecule has 3 aromatic rings. The van der Waals surface area contributed by atoms with Crippen LogP contribution in [-0.2, 0) is 4.74 Å². The minimum atomic E-state index is -0.452. The quantitative estimate of drug-likeness (QED) is 0.700. The maximum Gasteiger partial charge on any atom is 0.350 e. The number of hydrogen-bond donors (Lipinski definition) is 1. The maximum atomic E-state index is 12.7. The second kappa shape index (κ2) is 7.36. The number of ether oxygens (including phenoxy) is 1. The number of carbonyl (C=O) groups is 2. The first kappa shape index (κ1) is 17.5. The molecule has 0 bridgehead atoms. The molecule has 1 aliphatic rings. The van der Waals surface area contributed by atoms with Crippen LogP contribution in [0.4, 0.5) is 10.5 Å². The number of amides is 2. The minimum absolute atomic E-state index is 0.115. The molecular formula is C18H19N5O3S. The van der Waals surface area contributed by atoms with Crippen molar-refractivity contribution in [1.29, 1.82) is 0 Å². The summed E-state index contributed by atoms with van der Waals surface area (Å²) >= 11 is 1.24.